The van der Waals surface area contributed by atoms with Gasteiger partial charge in [-0.25, -0.2) is 0 Å². The Morgan fingerprint density at radius 2 is 2.24 bits per heavy atom. The van der Waals surface area contributed by atoms with Gasteiger partial charge in [-0.2, -0.15) is 10.1 Å². The molecular formula is C18H13N5O2. The Morgan fingerprint density at radius 1 is 1.44 bits per heavy atom. The molecule has 3 heterocycles. The molecule has 0 saturated heterocycles. The van der Waals surface area contributed by atoms with Crippen LogP contribution in [0.5, 0.6) is 0 Å². The largest absolute Gasteiger partial charge is 0.423 e. The SMILES string of the molecule is C#CCN1C(=O)C2(c3ccccc3-c3oc(N)nc32)c2c1n[nH]c2C. The minimum absolute atomic E-state index is 0.0322. The molecule has 7 nitrogen and oxygen atoms in total. The van der Waals surface area contributed by atoms with Crippen molar-refractivity contribution < 1.29 is 9.21 Å². The van der Waals surface area contributed by atoms with Crippen LogP contribution in [0.4, 0.5) is 11.8 Å². The molecule has 1 aromatic carbocycles. The highest BCUT2D eigenvalue weighted by Crippen LogP contribution is 2.58. The molecule has 0 radical (unpaired) electrons. The van der Waals surface area contributed by atoms with Gasteiger partial charge in [-0.1, -0.05) is 30.2 Å². The zero-order valence-electron chi connectivity index (χ0n) is 13.3. The molecule has 0 fully saturated rings. The van der Waals surface area contributed by atoms with Gasteiger partial charge in [-0.15, -0.1) is 6.42 Å². The van der Waals surface area contributed by atoms with Gasteiger partial charge in [-0.05, 0) is 12.5 Å². The molecule has 5 rings (SSSR count). The summed E-state index contributed by atoms with van der Waals surface area (Å²) >= 11 is 0. The zero-order chi connectivity index (χ0) is 17.3. The quantitative estimate of drug-likeness (QED) is 0.659. The fraction of sp³-hybridized carbons (Fsp3) is 0.167. The highest BCUT2D eigenvalue weighted by molar-refractivity contribution is 6.15. The van der Waals surface area contributed by atoms with Crippen LogP contribution in [-0.2, 0) is 10.2 Å². The number of amides is 1. The van der Waals surface area contributed by atoms with Crippen molar-refractivity contribution in [1.82, 2.24) is 15.2 Å². The van der Waals surface area contributed by atoms with E-state index in [1.54, 1.807) is 0 Å². The fourth-order valence-electron chi connectivity index (χ4n) is 4.08. The summed E-state index contributed by atoms with van der Waals surface area (Å²) in [4.78, 5) is 19.5. The number of oxazole rings is 1. The topological polar surface area (TPSA) is 101 Å². The molecular weight excluding hydrogens is 318 g/mol. The Morgan fingerprint density at radius 3 is 3.04 bits per heavy atom. The predicted molar refractivity (Wildman–Crippen MR) is 90.7 cm³/mol. The van der Waals surface area contributed by atoms with Gasteiger partial charge >= 0.3 is 0 Å². The standard InChI is InChI=1S/C18H13N5O2/c1-3-8-23-15-12(9(2)21-22-15)18(16(23)24)11-7-5-4-6-10(11)13-14(18)20-17(19)25-13/h1,4-7H,8H2,2H3,(H2,19,20)(H,21,22). The molecule has 122 valence electrons. The number of terminal acetylenes is 1. The molecule has 1 aliphatic heterocycles. The number of nitrogen functional groups attached to an aromatic ring is 1. The zero-order valence-corrected chi connectivity index (χ0v) is 13.3. The molecule has 1 aliphatic carbocycles. The van der Waals surface area contributed by atoms with E-state index < -0.39 is 5.41 Å². The molecule has 7 heteroatoms. The van der Waals surface area contributed by atoms with Crippen LogP contribution < -0.4 is 10.6 Å². The van der Waals surface area contributed by atoms with Crippen LogP contribution in [0, 0.1) is 19.3 Å². The van der Waals surface area contributed by atoms with Gasteiger partial charge in [0.2, 0.25) is 0 Å². The van der Waals surface area contributed by atoms with Gasteiger partial charge in [0.15, 0.2) is 17.0 Å². The number of hydrogen-bond donors (Lipinski definition) is 2. The first-order chi connectivity index (χ1) is 12.1. The Labute approximate surface area is 142 Å². The number of benzene rings is 1. The van der Waals surface area contributed by atoms with Crippen molar-refractivity contribution in [3.05, 3.63) is 46.8 Å². The number of carbonyl (C=O) groups is 1. The van der Waals surface area contributed by atoms with Gasteiger partial charge in [0.25, 0.3) is 11.9 Å². The highest BCUT2D eigenvalue weighted by Gasteiger charge is 2.62. The Balaban J connectivity index is 1.94. The lowest BCUT2D eigenvalue weighted by Crippen LogP contribution is -2.42. The van der Waals surface area contributed by atoms with E-state index in [4.69, 9.17) is 16.6 Å². The smallest absolute Gasteiger partial charge is 0.292 e. The number of anilines is 2. The number of rotatable bonds is 1. The summed E-state index contributed by atoms with van der Waals surface area (Å²) < 4.78 is 5.64. The number of aromatic amines is 1. The Kier molecular flexibility index (Phi) is 2.39. The Bertz CT molecular complexity index is 1100. The lowest BCUT2D eigenvalue weighted by Gasteiger charge is -2.24. The van der Waals surface area contributed by atoms with Gasteiger partial charge < -0.3 is 10.2 Å². The summed E-state index contributed by atoms with van der Waals surface area (Å²) in [6, 6.07) is 7.63. The molecule has 2 aliphatic rings. The number of hydrogen-bond acceptors (Lipinski definition) is 5. The summed E-state index contributed by atoms with van der Waals surface area (Å²) in [5.74, 6) is 3.41. The van der Waals surface area contributed by atoms with Gasteiger partial charge in [-0.3, -0.25) is 14.8 Å². The third-order valence-corrected chi connectivity index (χ3v) is 4.95. The summed E-state index contributed by atoms with van der Waals surface area (Å²) in [6.45, 7) is 2.01. The molecule has 1 unspecified atom stereocenters. The molecule has 3 N–H and O–H groups in total. The molecule has 0 bridgehead atoms. The molecule has 1 atom stereocenters. The highest BCUT2D eigenvalue weighted by atomic mass is 16.4. The van der Waals surface area contributed by atoms with Gasteiger partial charge in [0, 0.05) is 16.8 Å². The van der Waals surface area contributed by atoms with Crippen molar-refractivity contribution in [3.63, 3.8) is 0 Å². The summed E-state index contributed by atoms with van der Waals surface area (Å²) in [5.41, 5.74) is 8.35. The first-order valence-electron chi connectivity index (χ1n) is 7.78. The van der Waals surface area contributed by atoms with Crippen LogP contribution in [0.15, 0.2) is 28.7 Å². The molecule has 25 heavy (non-hydrogen) atoms. The minimum atomic E-state index is -1.13. The predicted octanol–water partition coefficient (Wildman–Crippen LogP) is 1.58. The minimum Gasteiger partial charge on any atom is -0.423 e. The van der Waals surface area contributed by atoms with E-state index in [1.807, 2.05) is 31.2 Å². The van der Waals surface area contributed by atoms with Gasteiger partial charge in [0.05, 0.1) is 6.54 Å². The van der Waals surface area contributed by atoms with Crippen molar-refractivity contribution in [3.8, 4) is 23.7 Å². The lowest BCUT2D eigenvalue weighted by molar-refractivity contribution is -0.120. The number of aryl methyl sites for hydroxylation is 1. The lowest BCUT2D eigenvalue weighted by atomic mass is 9.75. The number of carbonyl (C=O) groups excluding carboxylic acids is 1. The summed E-state index contributed by atoms with van der Waals surface area (Å²) in [6.07, 6.45) is 5.48. The van der Waals surface area contributed by atoms with Crippen LogP contribution in [0.3, 0.4) is 0 Å². The Hall–Kier alpha value is -3.53. The van der Waals surface area contributed by atoms with E-state index in [0.29, 0.717) is 17.3 Å². The number of nitrogens with two attached hydrogens (primary N) is 1. The summed E-state index contributed by atoms with van der Waals surface area (Å²) in [5, 5.41) is 7.28. The molecule has 1 amide bonds. The first-order valence-corrected chi connectivity index (χ1v) is 7.78. The van der Waals surface area contributed by atoms with Crippen LogP contribution in [0.1, 0.15) is 22.5 Å². The number of fused-ring (bicyclic) bond motifs is 7. The van der Waals surface area contributed by atoms with Crippen molar-refractivity contribution in [1.29, 1.82) is 0 Å². The first kappa shape index (κ1) is 13.9. The average Bonchev–Trinajstić information content (AvgIpc) is 3.29. The van der Waals surface area contributed by atoms with Crippen molar-refractivity contribution in [2.45, 2.75) is 12.3 Å². The maximum atomic E-state index is 13.6. The summed E-state index contributed by atoms with van der Waals surface area (Å²) in [7, 11) is 0. The second-order valence-electron chi connectivity index (χ2n) is 6.17. The van der Waals surface area contributed by atoms with E-state index >= 15 is 0 Å². The second kappa shape index (κ2) is 4.30. The normalized spacial score (nSPS) is 19.8. The monoisotopic (exact) mass is 331 g/mol. The average molecular weight is 331 g/mol. The fourth-order valence-corrected chi connectivity index (χ4v) is 4.08. The maximum Gasteiger partial charge on any atom is 0.292 e. The molecule has 0 saturated carbocycles. The van der Waals surface area contributed by atoms with E-state index in [2.05, 4.69) is 21.1 Å². The van der Waals surface area contributed by atoms with E-state index in [0.717, 1.165) is 22.4 Å². The number of aromatic nitrogens is 3. The molecule has 2 aromatic heterocycles. The van der Waals surface area contributed by atoms with E-state index in [1.165, 1.54) is 4.90 Å². The maximum absolute atomic E-state index is 13.6. The number of H-pyrrole nitrogens is 1. The number of nitrogens with one attached hydrogen (secondary N) is 1. The molecule has 1 spiro atoms. The van der Waals surface area contributed by atoms with E-state index in [9.17, 15) is 4.79 Å². The van der Waals surface area contributed by atoms with Crippen LogP contribution in [-0.4, -0.2) is 27.6 Å². The molecule has 3 aromatic rings. The number of nitrogens with zero attached hydrogens (tertiary/aromatic N) is 3. The van der Waals surface area contributed by atoms with Crippen molar-refractivity contribution in [2.24, 2.45) is 0 Å². The van der Waals surface area contributed by atoms with Crippen LogP contribution in [0.25, 0.3) is 11.3 Å². The van der Waals surface area contributed by atoms with Crippen molar-refractivity contribution >= 4 is 17.7 Å². The second-order valence-corrected chi connectivity index (χ2v) is 6.17. The van der Waals surface area contributed by atoms with Crippen LogP contribution >= 0.6 is 0 Å². The third kappa shape index (κ3) is 1.37. The van der Waals surface area contributed by atoms with Crippen molar-refractivity contribution in [2.75, 3.05) is 17.2 Å². The van der Waals surface area contributed by atoms with Crippen LogP contribution in [0.2, 0.25) is 0 Å². The third-order valence-electron chi connectivity index (χ3n) is 4.95. The van der Waals surface area contributed by atoms with E-state index in [-0.39, 0.29) is 18.5 Å². The van der Waals surface area contributed by atoms with Gasteiger partial charge in [0.1, 0.15) is 5.69 Å².